The molecule has 0 aliphatic rings. The van der Waals surface area contributed by atoms with E-state index < -0.39 is 4.92 Å². The molecule has 1 heterocycles. The maximum atomic E-state index is 11.0. The number of nitrogens with zero attached hydrogens (tertiary/aromatic N) is 3. The molecule has 7 nitrogen and oxygen atoms in total. The van der Waals surface area contributed by atoms with Crippen LogP contribution in [0.25, 0.3) is 0 Å². The molecular weight excluding hydrogens is 338 g/mol. The number of nitro groups is 1. The summed E-state index contributed by atoms with van der Waals surface area (Å²) >= 11 is 3.32. The molecule has 1 aromatic heterocycles. The predicted octanol–water partition coefficient (Wildman–Crippen LogP) is 3.41. The van der Waals surface area contributed by atoms with Crippen molar-refractivity contribution in [2.75, 3.05) is 17.7 Å². The molecule has 0 spiro atoms. The van der Waals surface area contributed by atoms with Crippen LogP contribution in [0.15, 0.2) is 34.8 Å². The lowest BCUT2D eigenvalue weighted by Gasteiger charge is -2.09. The Labute approximate surface area is 128 Å². The summed E-state index contributed by atoms with van der Waals surface area (Å²) in [5, 5.41) is 25.6. The molecule has 2 N–H and O–H groups in total. The third-order valence-corrected chi connectivity index (χ3v) is 3.33. The van der Waals surface area contributed by atoms with Crippen LogP contribution in [-0.2, 0) is 0 Å². The van der Waals surface area contributed by atoms with E-state index >= 15 is 0 Å². The Morgan fingerprint density at radius 1 is 1.38 bits per heavy atom. The van der Waals surface area contributed by atoms with Gasteiger partial charge in [0.2, 0.25) is 5.82 Å². The van der Waals surface area contributed by atoms with E-state index in [0.717, 1.165) is 0 Å². The standard InChI is InChI=1S/C13H10BrN5O2/c1-16-12-5-4-11(19(20)21)13(18-12)17-10-3-2-8(7-15)6-9(10)14/h2-6H,1H3,(H2,16,17,18). The van der Waals surface area contributed by atoms with Gasteiger partial charge < -0.3 is 10.6 Å². The van der Waals surface area contributed by atoms with Crippen LogP contribution < -0.4 is 10.6 Å². The van der Waals surface area contributed by atoms with Gasteiger partial charge in [-0.3, -0.25) is 10.1 Å². The highest BCUT2D eigenvalue weighted by molar-refractivity contribution is 9.10. The number of pyridine rings is 1. The second-order valence-electron chi connectivity index (χ2n) is 4.00. The van der Waals surface area contributed by atoms with Crippen molar-refractivity contribution in [3.8, 4) is 6.07 Å². The predicted molar refractivity (Wildman–Crippen MR) is 82.6 cm³/mol. The summed E-state index contributed by atoms with van der Waals surface area (Å²) in [6.45, 7) is 0. The minimum absolute atomic E-state index is 0.122. The van der Waals surface area contributed by atoms with E-state index in [0.29, 0.717) is 21.5 Å². The molecule has 0 saturated heterocycles. The van der Waals surface area contributed by atoms with Gasteiger partial charge in [-0.1, -0.05) is 0 Å². The lowest BCUT2D eigenvalue weighted by molar-refractivity contribution is -0.384. The molecule has 0 radical (unpaired) electrons. The minimum Gasteiger partial charge on any atom is -0.373 e. The smallest absolute Gasteiger partial charge is 0.311 e. The number of benzene rings is 1. The summed E-state index contributed by atoms with van der Waals surface area (Å²) in [7, 11) is 1.68. The van der Waals surface area contributed by atoms with Gasteiger partial charge in [-0.05, 0) is 40.2 Å². The van der Waals surface area contributed by atoms with Crippen LogP contribution in [0.1, 0.15) is 5.56 Å². The first-order valence-electron chi connectivity index (χ1n) is 5.85. The minimum atomic E-state index is -0.508. The van der Waals surface area contributed by atoms with Crippen molar-refractivity contribution in [3.63, 3.8) is 0 Å². The molecule has 0 bridgehead atoms. The second kappa shape index (κ2) is 6.19. The third-order valence-electron chi connectivity index (χ3n) is 2.68. The van der Waals surface area contributed by atoms with Gasteiger partial charge in [-0.15, -0.1) is 0 Å². The second-order valence-corrected chi connectivity index (χ2v) is 4.86. The van der Waals surface area contributed by atoms with Crippen LogP contribution >= 0.6 is 15.9 Å². The molecule has 0 atom stereocenters. The van der Waals surface area contributed by atoms with E-state index in [1.54, 1.807) is 25.2 Å². The zero-order valence-electron chi connectivity index (χ0n) is 10.9. The number of hydrogen-bond acceptors (Lipinski definition) is 6. The number of nitriles is 1. The van der Waals surface area contributed by atoms with Crippen molar-refractivity contribution >= 4 is 38.9 Å². The molecule has 21 heavy (non-hydrogen) atoms. The molecule has 2 aromatic rings. The molecule has 1 aromatic carbocycles. The molecular formula is C13H10BrN5O2. The summed E-state index contributed by atoms with van der Waals surface area (Å²) in [6, 6.07) is 9.80. The van der Waals surface area contributed by atoms with E-state index in [2.05, 4.69) is 31.5 Å². The molecule has 0 saturated carbocycles. The molecule has 0 aliphatic carbocycles. The molecule has 2 rings (SSSR count). The Morgan fingerprint density at radius 3 is 2.71 bits per heavy atom. The number of halogens is 1. The summed E-state index contributed by atoms with van der Waals surface area (Å²) in [5.74, 6) is 0.630. The SMILES string of the molecule is CNc1ccc([N+](=O)[O-])c(Nc2ccc(C#N)cc2Br)n1. The first-order valence-corrected chi connectivity index (χ1v) is 6.64. The number of anilines is 3. The Hall–Kier alpha value is -2.66. The van der Waals surface area contributed by atoms with E-state index in [4.69, 9.17) is 5.26 Å². The number of nitrogens with one attached hydrogen (secondary N) is 2. The van der Waals surface area contributed by atoms with Crippen LogP contribution in [0.2, 0.25) is 0 Å². The monoisotopic (exact) mass is 347 g/mol. The molecule has 0 amide bonds. The van der Waals surface area contributed by atoms with E-state index in [1.165, 1.54) is 12.1 Å². The molecule has 106 valence electrons. The van der Waals surface area contributed by atoms with Gasteiger partial charge in [-0.2, -0.15) is 5.26 Å². The molecule has 0 unspecified atom stereocenters. The quantitative estimate of drug-likeness (QED) is 0.648. The summed E-state index contributed by atoms with van der Waals surface area (Å²) in [4.78, 5) is 14.7. The highest BCUT2D eigenvalue weighted by Gasteiger charge is 2.17. The van der Waals surface area contributed by atoms with Crippen molar-refractivity contribution in [3.05, 3.63) is 50.5 Å². The number of hydrogen-bond donors (Lipinski definition) is 2. The van der Waals surface area contributed by atoms with E-state index in [1.807, 2.05) is 6.07 Å². The fourth-order valence-electron chi connectivity index (χ4n) is 1.64. The summed E-state index contributed by atoms with van der Waals surface area (Å²) in [5.41, 5.74) is 0.932. The lowest BCUT2D eigenvalue weighted by atomic mass is 10.2. The maximum absolute atomic E-state index is 11.0. The van der Waals surface area contributed by atoms with E-state index in [9.17, 15) is 10.1 Å². The average Bonchev–Trinajstić information content (AvgIpc) is 2.48. The fourth-order valence-corrected chi connectivity index (χ4v) is 2.12. The summed E-state index contributed by atoms with van der Waals surface area (Å²) < 4.78 is 0.618. The fraction of sp³-hybridized carbons (Fsp3) is 0.0769. The molecule has 0 fully saturated rings. The Kier molecular flexibility index (Phi) is 4.35. The highest BCUT2D eigenvalue weighted by atomic mass is 79.9. The zero-order valence-corrected chi connectivity index (χ0v) is 12.5. The van der Waals surface area contributed by atoms with Crippen molar-refractivity contribution in [1.29, 1.82) is 5.26 Å². The first-order chi connectivity index (χ1) is 10.0. The van der Waals surface area contributed by atoms with Gasteiger partial charge in [0.15, 0.2) is 0 Å². The Bertz CT molecular complexity index is 742. The van der Waals surface area contributed by atoms with Gasteiger partial charge >= 0.3 is 5.69 Å². The van der Waals surface area contributed by atoms with Crippen molar-refractivity contribution in [1.82, 2.24) is 4.98 Å². The molecule has 8 heteroatoms. The third kappa shape index (κ3) is 3.27. The topological polar surface area (TPSA) is 104 Å². The van der Waals surface area contributed by atoms with Crippen molar-refractivity contribution in [2.45, 2.75) is 0 Å². The van der Waals surface area contributed by atoms with Crippen LogP contribution in [-0.4, -0.2) is 17.0 Å². The van der Waals surface area contributed by atoms with Gasteiger partial charge in [0.05, 0.1) is 22.2 Å². The maximum Gasteiger partial charge on any atom is 0.311 e. The van der Waals surface area contributed by atoms with Crippen LogP contribution in [0.3, 0.4) is 0 Å². The van der Waals surface area contributed by atoms with Crippen LogP contribution in [0.5, 0.6) is 0 Å². The van der Waals surface area contributed by atoms with Gasteiger partial charge in [0, 0.05) is 17.6 Å². The van der Waals surface area contributed by atoms with Gasteiger partial charge in [0.25, 0.3) is 0 Å². The first kappa shape index (κ1) is 14.7. The Morgan fingerprint density at radius 2 is 2.14 bits per heavy atom. The van der Waals surface area contributed by atoms with Crippen molar-refractivity contribution < 1.29 is 4.92 Å². The normalized spacial score (nSPS) is 9.76. The van der Waals surface area contributed by atoms with Crippen molar-refractivity contribution in [2.24, 2.45) is 0 Å². The van der Waals surface area contributed by atoms with Crippen LogP contribution in [0.4, 0.5) is 23.0 Å². The van der Waals surface area contributed by atoms with Gasteiger partial charge in [-0.25, -0.2) is 4.98 Å². The largest absolute Gasteiger partial charge is 0.373 e. The van der Waals surface area contributed by atoms with E-state index in [-0.39, 0.29) is 11.5 Å². The highest BCUT2D eigenvalue weighted by Crippen LogP contribution is 2.31. The summed E-state index contributed by atoms with van der Waals surface area (Å²) in [6.07, 6.45) is 0. The Balaban J connectivity index is 2.43. The number of rotatable bonds is 4. The average molecular weight is 348 g/mol. The number of aromatic nitrogens is 1. The molecule has 0 aliphatic heterocycles. The zero-order chi connectivity index (χ0) is 15.4. The lowest BCUT2D eigenvalue weighted by Crippen LogP contribution is -2.02. The van der Waals surface area contributed by atoms with Crippen LogP contribution in [0, 0.1) is 21.4 Å². The van der Waals surface area contributed by atoms with Gasteiger partial charge in [0.1, 0.15) is 5.82 Å².